The SMILES string of the molecule is O=C(NCc1cccc(-c2cc(F)c(OC(F)F)c(F)c2)c1)[C@@H]1CCCN1S(=O)(=O)c1ccc(F)cc1. The molecule has 0 radical (unpaired) electrons. The van der Waals surface area contributed by atoms with Gasteiger partial charge in [0, 0.05) is 13.1 Å². The van der Waals surface area contributed by atoms with Crippen molar-refractivity contribution in [2.75, 3.05) is 6.54 Å². The fourth-order valence-electron chi connectivity index (χ4n) is 4.13. The van der Waals surface area contributed by atoms with Crippen LogP contribution in [0.4, 0.5) is 22.0 Å². The average molecular weight is 541 g/mol. The number of sulfonamides is 1. The molecule has 1 aliphatic heterocycles. The van der Waals surface area contributed by atoms with Gasteiger partial charge >= 0.3 is 6.61 Å². The Labute approximate surface area is 209 Å². The molecule has 4 rings (SSSR count). The Morgan fingerprint density at radius 3 is 2.32 bits per heavy atom. The van der Waals surface area contributed by atoms with Crippen molar-refractivity contribution in [1.82, 2.24) is 9.62 Å². The number of hydrogen-bond donors (Lipinski definition) is 1. The third kappa shape index (κ3) is 5.91. The van der Waals surface area contributed by atoms with Crippen LogP contribution in [0, 0.1) is 17.5 Å². The molecule has 1 N–H and O–H groups in total. The number of benzene rings is 3. The molecule has 0 unspecified atom stereocenters. The quantitative estimate of drug-likeness (QED) is 0.415. The number of halogens is 5. The zero-order valence-corrected chi connectivity index (χ0v) is 20.0. The molecule has 1 atom stereocenters. The van der Waals surface area contributed by atoms with E-state index in [1.54, 1.807) is 24.3 Å². The van der Waals surface area contributed by atoms with Crippen LogP contribution >= 0.6 is 0 Å². The minimum atomic E-state index is -4.02. The van der Waals surface area contributed by atoms with Gasteiger partial charge in [0.2, 0.25) is 15.9 Å². The number of hydrogen-bond acceptors (Lipinski definition) is 4. The topological polar surface area (TPSA) is 75.7 Å². The lowest BCUT2D eigenvalue weighted by molar-refractivity contribution is -0.124. The number of carbonyl (C=O) groups excluding carboxylic acids is 1. The van der Waals surface area contributed by atoms with E-state index in [1.807, 2.05) is 0 Å². The van der Waals surface area contributed by atoms with E-state index in [2.05, 4.69) is 10.1 Å². The van der Waals surface area contributed by atoms with Crippen LogP contribution in [0.3, 0.4) is 0 Å². The number of rotatable bonds is 8. The van der Waals surface area contributed by atoms with Gasteiger partial charge in [-0.2, -0.15) is 13.1 Å². The second-order valence-electron chi connectivity index (χ2n) is 8.29. The van der Waals surface area contributed by atoms with Crippen LogP contribution in [0.5, 0.6) is 5.75 Å². The Morgan fingerprint density at radius 2 is 1.68 bits per heavy atom. The van der Waals surface area contributed by atoms with E-state index in [0.717, 1.165) is 40.7 Å². The molecule has 1 amide bonds. The van der Waals surface area contributed by atoms with Crippen molar-refractivity contribution >= 4 is 15.9 Å². The summed E-state index contributed by atoms with van der Waals surface area (Å²) in [6.45, 7) is -3.26. The molecule has 3 aromatic carbocycles. The number of nitrogens with zero attached hydrogens (tertiary/aromatic N) is 1. The standard InChI is InChI=1S/C25H21F5N2O4S/c26-18-6-8-19(9-7-18)37(34,35)32-10-2-5-22(32)24(33)31-14-15-3-1-4-16(11-15)17-12-20(27)23(21(28)13-17)36-25(29)30/h1,3-4,6-9,11-13,22,25H,2,5,10,14H2,(H,31,33)/t22-/m0/s1. The third-order valence-electron chi connectivity index (χ3n) is 5.86. The number of nitrogens with one attached hydrogen (secondary N) is 1. The fraction of sp³-hybridized carbons (Fsp3) is 0.240. The molecule has 196 valence electrons. The molecule has 6 nitrogen and oxygen atoms in total. The maximum Gasteiger partial charge on any atom is 0.387 e. The lowest BCUT2D eigenvalue weighted by Gasteiger charge is -2.23. The second kappa shape index (κ2) is 10.9. The highest BCUT2D eigenvalue weighted by atomic mass is 32.2. The first-order valence-electron chi connectivity index (χ1n) is 11.1. The molecule has 0 aliphatic carbocycles. The summed E-state index contributed by atoms with van der Waals surface area (Å²) in [4.78, 5) is 12.8. The Hall–Kier alpha value is -3.51. The van der Waals surface area contributed by atoms with E-state index in [9.17, 15) is 35.2 Å². The van der Waals surface area contributed by atoms with E-state index in [0.29, 0.717) is 24.0 Å². The molecular formula is C25H21F5N2O4S. The normalized spacial score (nSPS) is 16.2. The zero-order chi connectivity index (χ0) is 26.7. The van der Waals surface area contributed by atoms with Crippen LogP contribution in [-0.2, 0) is 21.4 Å². The molecule has 12 heteroatoms. The second-order valence-corrected chi connectivity index (χ2v) is 10.2. The van der Waals surface area contributed by atoms with Crippen LogP contribution in [0.15, 0.2) is 65.6 Å². The van der Waals surface area contributed by atoms with Gasteiger partial charge in [-0.05, 0) is 72.0 Å². The molecule has 0 saturated carbocycles. The predicted octanol–water partition coefficient (Wildman–Crippen LogP) is 4.84. The monoisotopic (exact) mass is 540 g/mol. The first-order chi connectivity index (χ1) is 17.6. The van der Waals surface area contributed by atoms with E-state index < -0.39 is 51.8 Å². The summed E-state index contributed by atoms with van der Waals surface area (Å²) in [5.74, 6) is -4.88. The van der Waals surface area contributed by atoms with E-state index in [-0.39, 0.29) is 23.5 Å². The van der Waals surface area contributed by atoms with E-state index in [4.69, 9.17) is 0 Å². The van der Waals surface area contributed by atoms with Crippen molar-refractivity contribution < 1.29 is 39.9 Å². The number of ether oxygens (including phenoxy) is 1. The first kappa shape index (κ1) is 26.6. The summed E-state index contributed by atoms with van der Waals surface area (Å²) < 4.78 is 97.1. The van der Waals surface area contributed by atoms with Crippen LogP contribution in [0.25, 0.3) is 11.1 Å². The number of carbonyl (C=O) groups is 1. The summed E-state index contributed by atoms with van der Waals surface area (Å²) >= 11 is 0. The molecule has 0 aromatic heterocycles. The van der Waals surface area contributed by atoms with Crippen molar-refractivity contribution in [2.24, 2.45) is 0 Å². The van der Waals surface area contributed by atoms with Gasteiger partial charge in [0.1, 0.15) is 11.9 Å². The largest absolute Gasteiger partial charge is 0.429 e. The fourth-order valence-corrected chi connectivity index (χ4v) is 5.78. The summed E-state index contributed by atoms with van der Waals surface area (Å²) in [6.07, 6.45) is 0.772. The molecule has 37 heavy (non-hydrogen) atoms. The third-order valence-corrected chi connectivity index (χ3v) is 7.78. The summed E-state index contributed by atoms with van der Waals surface area (Å²) in [7, 11) is -4.02. The molecule has 1 heterocycles. The van der Waals surface area contributed by atoms with Crippen LogP contribution in [0.2, 0.25) is 0 Å². The Morgan fingerprint density at radius 1 is 1.00 bits per heavy atom. The minimum Gasteiger partial charge on any atom is -0.429 e. The molecule has 1 saturated heterocycles. The Balaban J connectivity index is 1.47. The van der Waals surface area contributed by atoms with Gasteiger partial charge in [0.15, 0.2) is 17.4 Å². The van der Waals surface area contributed by atoms with Gasteiger partial charge in [-0.1, -0.05) is 18.2 Å². The minimum absolute atomic E-state index is 0.00878. The molecule has 0 bridgehead atoms. The summed E-state index contributed by atoms with van der Waals surface area (Å²) in [5, 5.41) is 2.68. The Kier molecular flexibility index (Phi) is 7.79. The van der Waals surface area contributed by atoms with Crippen molar-refractivity contribution in [1.29, 1.82) is 0 Å². The highest BCUT2D eigenvalue weighted by molar-refractivity contribution is 7.89. The van der Waals surface area contributed by atoms with Gasteiger partial charge in [-0.15, -0.1) is 0 Å². The van der Waals surface area contributed by atoms with Gasteiger partial charge < -0.3 is 10.1 Å². The van der Waals surface area contributed by atoms with Crippen molar-refractivity contribution in [3.63, 3.8) is 0 Å². The molecule has 1 aliphatic rings. The lowest BCUT2D eigenvalue weighted by Crippen LogP contribution is -2.45. The molecular weight excluding hydrogens is 519 g/mol. The van der Waals surface area contributed by atoms with Gasteiger partial charge in [-0.25, -0.2) is 21.6 Å². The number of alkyl halides is 2. The maximum atomic E-state index is 14.1. The average Bonchev–Trinajstić information content (AvgIpc) is 3.36. The van der Waals surface area contributed by atoms with Gasteiger partial charge in [0.05, 0.1) is 4.90 Å². The lowest BCUT2D eigenvalue weighted by atomic mass is 10.0. The van der Waals surface area contributed by atoms with Crippen molar-refractivity contribution in [3.05, 3.63) is 83.7 Å². The highest BCUT2D eigenvalue weighted by Gasteiger charge is 2.39. The van der Waals surface area contributed by atoms with E-state index >= 15 is 0 Å². The van der Waals surface area contributed by atoms with Crippen molar-refractivity contribution in [2.45, 2.75) is 36.9 Å². The van der Waals surface area contributed by atoms with Crippen molar-refractivity contribution in [3.8, 4) is 16.9 Å². The predicted molar refractivity (Wildman–Crippen MR) is 124 cm³/mol. The summed E-state index contributed by atoms with van der Waals surface area (Å²) in [6, 6.07) is 11.4. The molecule has 1 fully saturated rings. The maximum absolute atomic E-state index is 14.1. The first-order valence-corrected chi connectivity index (χ1v) is 12.6. The van der Waals surface area contributed by atoms with Gasteiger partial charge in [-0.3, -0.25) is 4.79 Å². The Bertz CT molecular complexity index is 1380. The van der Waals surface area contributed by atoms with Crippen LogP contribution in [-0.4, -0.2) is 37.8 Å². The smallest absolute Gasteiger partial charge is 0.387 e. The highest BCUT2D eigenvalue weighted by Crippen LogP contribution is 2.31. The zero-order valence-electron chi connectivity index (χ0n) is 19.1. The van der Waals surface area contributed by atoms with Crippen LogP contribution < -0.4 is 10.1 Å². The molecule has 0 spiro atoms. The molecule has 3 aromatic rings. The number of amides is 1. The van der Waals surface area contributed by atoms with Gasteiger partial charge in [0.25, 0.3) is 0 Å². The summed E-state index contributed by atoms with van der Waals surface area (Å²) in [5.41, 5.74) is 0.970. The van der Waals surface area contributed by atoms with Crippen LogP contribution in [0.1, 0.15) is 18.4 Å². The van der Waals surface area contributed by atoms with E-state index in [1.165, 1.54) is 0 Å².